The molecule has 1 aliphatic heterocycles. The van der Waals surface area contributed by atoms with Crippen LogP contribution in [-0.2, 0) is 10.0 Å². The molecule has 0 radical (unpaired) electrons. The van der Waals surface area contributed by atoms with Gasteiger partial charge in [-0.3, -0.25) is 0 Å². The van der Waals surface area contributed by atoms with Crippen LogP contribution in [0.15, 0.2) is 12.4 Å². The summed E-state index contributed by atoms with van der Waals surface area (Å²) in [5.74, 6) is 1.86. The zero-order valence-corrected chi connectivity index (χ0v) is 16.4. The van der Waals surface area contributed by atoms with E-state index >= 15 is 0 Å². The molecule has 2 heterocycles. The number of nitrogens with zero attached hydrogens (tertiary/aromatic N) is 5. The van der Waals surface area contributed by atoms with Crippen molar-refractivity contribution in [3.8, 4) is 0 Å². The molecule has 0 N–H and O–H groups in total. The van der Waals surface area contributed by atoms with E-state index in [-0.39, 0.29) is 5.25 Å². The average molecular weight is 368 g/mol. The molecule has 25 heavy (non-hydrogen) atoms. The van der Waals surface area contributed by atoms with Crippen LogP contribution in [0, 0.1) is 0 Å². The van der Waals surface area contributed by atoms with E-state index in [9.17, 15) is 8.42 Å². The Bertz CT molecular complexity index is 695. The van der Waals surface area contributed by atoms with Gasteiger partial charge in [0, 0.05) is 45.3 Å². The third-order valence-corrected chi connectivity index (χ3v) is 7.35. The van der Waals surface area contributed by atoms with Crippen LogP contribution in [0.4, 0.5) is 11.6 Å². The first-order valence-corrected chi connectivity index (χ1v) is 10.6. The van der Waals surface area contributed by atoms with Gasteiger partial charge in [0.25, 0.3) is 0 Å². The fraction of sp³-hybridized carbons (Fsp3) is 0.765. The van der Waals surface area contributed by atoms with Gasteiger partial charge in [-0.25, -0.2) is 22.7 Å². The molecule has 1 saturated heterocycles. The number of hydrogen-bond acceptors (Lipinski definition) is 6. The molecule has 0 atom stereocenters. The maximum absolute atomic E-state index is 12.4. The van der Waals surface area contributed by atoms with E-state index in [0.717, 1.165) is 24.5 Å². The van der Waals surface area contributed by atoms with Gasteiger partial charge >= 0.3 is 0 Å². The Morgan fingerprint density at radius 2 is 1.60 bits per heavy atom. The second-order valence-corrected chi connectivity index (χ2v) is 9.98. The highest BCUT2D eigenvalue weighted by Crippen LogP contribution is 2.36. The number of aromatic nitrogens is 2. The lowest BCUT2D eigenvalue weighted by molar-refractivity contribution is 0.306. The topological polar surface area (TPSA) is 69.6 Å². The molecule has 0 unspecified atom stereocenters. The summed E-state index contributed by atoms with van der Waals surface area (Å²) in [5, 5.41) is -0.354. The first kappa shape index (κ1) is 18.4. The lowest BCUT2D eigenvalue weighted by Gasteiger charge is -2.39. The third-order valence-electron chi connectivity index (χ3n) is 5.07. The minimum Gasteiger partial charge on any atom is -0.363 e. The zero-order chi connectivity index (χ0) is 18.2. The minimum absolute atomic E-state index is 0.344. The molecule has 0 amide bonds. The summed E-state index contributed by atoms with van der Waals surface area (Å²) in [6, 6.07) is 2.91. The predicted octanol–water partition coefficient (Wildman–Crippen LogP) is 1.71. The van der Waals surface area contributed by atoms with Crippen molar-refractivity contribution in [3.05, 3.63) is 12.4 Å². The van der Waals surface area contributed by atoms with E-state index in [2.05, 4.69) is 14.9 Å². The quantitative estimate of drug-likeness (QED) is 0.762. The van der Waals surface area contributed by atoms with Crippen molar-refractivity contribution in [1.29, 1.82) is 0 Å². The van der Waals surface area contributed by atoms with Gasteiger partial charge < -0.3 is 9.80 Å². The molecule has 0 spiro atoms. The SMILES string of the molecule is CC(C)S(=O)(=O)N1CCC(N(c2cc(N(C)C)ncn2)C2CC2)CC1. The van der Waals surface area contributed by atoms with Crippen LogP contribution in [0.5, 0.6) is 0 Å². The van der Waals surface area contributed by atoms with Crippen LogP contribution >= 0.6 is 0 Å². The van der Waals surface area contributed by atoms with E-state index in [1.54, 1.807) is 24.5 Å². The monoisotopic (exact) mass is 367 g/mol. The maximum atomic E-state index is 12.4. The van der Waals surface area contributed by atoms with Crippen LogP contribution in [0.1, 0.15) is 39.5 Å². The van der Waals surface area contributed by atoms with E-state index in [1.165, 1.54) is 12.8 Å². The minimum atomic E-state index is -3.15. The Morgan fingerprint density at radius 1 is 1.04 bits per heavy atom. The van der Waals surface area contributed by atoms with E-state index in [0.29, 0.717) is 25.2 Å². The highest BCUT2D eigenvalue weighted by atomic mass is 32.2. The Labute approximate surface area is 151 Å². The van der Waals surface area contributed by atoms with Gasteiger partial charge in [0.1, 0.15) is 18.0 Å². The highest BCUT2D eigenvalue weighted by Gasteiger charge is 2.38. The van der Waals surface area contributed by atoms with Gasteiger partial charge in [-0.1, -0.05) is 0 Å². The van der Waals surface area contributed by atoms with Crippen molar-refractivity contribution in [2.45, 2.75) is 56.9 Å². The summed E-state index contributed by atoms with van der Waals surface area (Å²) in [7, 11) is 0.796. The Kier molecular flexibility index (Phi) is 5.20. The van der Waals surface area contributed by atoms with Crippen LogP contribution in [0.25, 0.3) is 0 Å². The molecule has 1 aromatic heterocycles. The summed E-state index contributed by atoms with van der Waals surface area (Å²) < 4.78 is 26.4. The Balaban J connectivity index is 1.75. The van der Waals surface area contributed by atoms with Crippen LogP contribution in [0.3, 0.4) is 0 Å². The summed E-state index contributed by atoms with van der Waals surface area (Å²) >= 11 is 0. The van der Waals surface area contributed by atoms with Crippen LogP contribution in [0.2, 0.25) is 0 Å². The molecule has 0 aromatic carbocycles. The van der Waals surface area contributed by atoms with Crippen molar-refractivity contribution in [2.75, 3.05) is 37.0 Å². The second kappa shape index (κ2) is 7.07. The van der Waals surface area contributed by atoms with Crippen molar-refractivity contribution in [2.24, 2.45) is 0 Å². The molecular weight excluding hydrogens is 338 g/mol. The normalized spacial score (nSPS) is 20.0. The second-order valence-electron chi connectivity index (χ2n) is 7.49. The van der Waals surface area contributed by atoms with Crippen LogP contribution < -0.4 is 9.80 Å². The molecule has 1 saturated carbocycles. The van der Waals surface area contributed by atoms with E-state index < -0.39 is 10.0 Å². The molecule has 7 nitrogen and oxygen atoms in total. The predicted molar refractivity (Wildman–Crippen MR) is 101 cm³/mol. The summed E-state index contributed by atoms with van der Waals surface area (Å²) in [6.07, 6.45) is 5.70. The van der Waals surface area contributed by atoms with Gasteiger partial charge in [-0.05, 0) is 39.5 Å². The zero-order valence-electron chi connectivity index (χ0n) is 15.6. The van der Waals surface area contributed by atoms with Crippen molar-refractivity contribution in [3.63, 3.8) is 0 Å². The lowest BCUT2D eigenvalue weighted by Crippen LogP contribution is -2.49. The molecular formula is C17H29N5O2S. The fourth-order valence-electron chi connectivity index (χ4n) is 3.42. The van der Waals surface area contributed by atoms with Gasteiger partial charge in [0.05, 0.1) is 5.25 Å². The summed E-state index contributed by atoms with van der Waals surface area (Å²) in [6.45, 7) is 4.70. The molecule has 140 valence electrons. The Morgan fingerprint density at radius 3 is 2.12 bits per heavy atom. The van der Waals surface area contributed by atoms with Crippen molar-refractivity contribution < 1.29 is 8.42 Å². The third kappa shape index (κ3) is 3.89. The number of sulfonamides is 1. The first-order chi connectivity index (χ1) is 11.8. The molecule has 8 heteroatoms. The Hall–Kier alpha value is -1.41. The first-order valence-electron chi connectivity index (χ1n) is 9.07. The highest BCUT2D eigenvalue weighted by molar-refractivity contribution is 7.89. The van der Waals surface area contributed by atoms with E-state index in [1.807, 2.05) is 25.1 Å². The van der Waals surface area contributed by atoms with Crippen molar-refractivity contribution in [1.82, 2.24) is 14.3 Å². The fourth-order valence-corrected chi connectivity index (χ4v) is 4.74. The average Bonchev–Trinajstić information content (AvgIpc) is 3.40. The van der Waals surface area contributed by atoms with Gasteiger partial charge in [0.15, 0.2) is 0 Å². The van der Waals surface area contributed by atoms with E-state index in [4.69, 9.17) is 0 Å². The standard InChI is InChI=1S/C17H29N5O2S/c1-13(2)25(23,24)21-9-7-15(8-10-21)22(14-5-6-14)17-11-16(20(3)4)18-12-19-17/h11-15H,5-10H2,1-4H3. The molecule has 0 bridgehead atoms. The smallest absolute Gasteiger partial charge is 0.216 e. The molecule has 2 aliphatic rings. The summed E-state index contributed by atoms with van der Waals surface area (Å²) in [4.78, 5) is 13.2. The molecule has 2 fully saturated rings. The van der Waals surface area contributed by atoms with Gasteiger partial charge in [-0.15, -0.1) is 0 Å². The molecule has 3 rings (SSSR count). The number of piperidine rings is 1. The molecule has 1 aromatic rings. The van der Waals surface area contributed by atoms with Crippen LogP contribution in [-0.4, -0.2) is 67.2 Å². The summed E-state index contributed by atoms with van der Waals surface area (Å²) in [5.41, 5.74) is 0. The largest absolute Gasteiger partial charge is 0.363 e. The molecule has 1 aliphatic carbocycles. The van der Waals surface area contributed by atoms with Gasteiger partial charge in [-0.2, -0.15) is 0 Å². The van der Waals surface area contributed by atoms with Crippen molar-refractivity contribution >= 4 is 21.7 Å². The lowest BCUT2D eigenvalue weighted by atomic mass is 10.0. The number of anilines is 2. The number of rotatable bonds is 6. The number of hydrogen-bond donors (Lipinski definition) is 0. The van der Waals surface area contributed by atoms with Gasteiger partial charge in [0.2, 0.25) is 10.0 Å². The maximum Gasteiger partial charge on any atom is 0.216 e.